The minimum absolute atomic E-state index is 0.515. The van der Waals surface area contributed by atoms with Crippen LogP contribution in [0.3, 0.4) is 0 Å². The fourth-order valence-corrected chi connectivity index (χ4v) is 0.640. The summed E-state index contributed by atoms with van der Waals surface area (Å²) in [5.74, 6) is -1.03. The number of hydrogen-bond acceptors (Lipinski definition) is 7. The van der Waals surface area contributed by atoms with Crippen LogP contribution in [-0.4, -0.2) is 24.5 Å². The van der Waals surface area contributed by atoms with Crippen molar-refractivity contribution < 1.29 is 33.9 Å². The Morgan fingerprint density at radius 1 is 0.867 bits per heavy atom. The van der Waals surface area contributed by atoms with E-state index < -0.39 is 24.5 Å². The van der Waals surface area contributed by atoms with Gasteiger partial charge < -0.3 is 9.47 Å². The highest BCUT2D eigenvalue weighted by Gasteiger charge is 2.10. The molecule has 7 nitrogen and oxygen atoms in total. The monoisotopic (exact) mass is 222 g/mol. The molecule has 2 unspecified atom stereocenters. The zero-order valence-corrected chi connectivity index (χ0v) is 9.01. The van der Waals surface area contributed by atoms with Gasteiger partial charge in [-0.2, -0.15) is 9.78 Å². The summed E-state index contributed by atoms with van der Waals surface area (Å²) in [6.07, 6.45) is -1.82. The van der Waals surface area contributed by atoms with E-state index in [0.717, 1.165) is 0 Å². The summed E-state index contributed by atoms with van der Waals surface area (Å²) in [7, 11) is 0. The van der Waals surface area contributed by atoms with Crippen LogP contribution in [0.15, 0.2) is 0 Å². The molecule has 15 heavy (non-hydrogen) atoms. The Morgan fingerprint density at radius 3 is 1.47 bits per heavy atom. The number of rotatable bonds is 6. The van der Waals surface area contributed by atoms with Crippen molar-refractivity contribution in [2.24, 2.45) is 0 Å². The molecule has 88 valence electrons. The van der Waals surface area contributed by atoms with Crippen LogP contribution in [0, 0.1) is 0 Å². The molecule has 0 aliphatic carbocycles. The van der Waals surface area contributed by atoms with Crippen LogP contribution in [0.1, 0.15) is 27.7 Å². The predicted molar refractivity (Wildman–Crippen MR) is 45.7 cm³/mol. The summed E-state index contributed by atoms with van der Waals surface area (Å²) in [4.78, 5) is 29.8. The lowest BCUT2D eigenvalue weighted by Crippen LogP contribution is -2.21. The molecule has 0 aromatic rings. The number of hydrogen-bond donors (Lipinski definition) is 0. The van der Waals surface area contributed by atoms with Crippen LogP contribution in [0.5, 0.6) is 0 Å². The van der Waals surface area contributed by atoms with Gasteiger partial charge in [-0.05, 0) is 0 Å². The molecule has 0 radical (unpaired) electrons. The van der Waals surface area contributed by atoms with Gasteiger partial charge in [0.15, 0.2) is 0 Å². The topological polar surface area (TPSA) is 80.3 Å². The second kappa shape index (κ2) is 7.16. The maximum atomic E-state index is 10.4. The van der Waals surface area contributed by atoms with Gasteiger partial charge in [0.25, 0.3) is 0 Å². The molecule has 0 N–H and O–H groups in total. The summed E-state index contributed by atoms with van der Waals surface area (Å²) in [6, 6.07) is 0. The molecule has 0 saturated heterocycles. The van der Waals surface area contributed by atoms with E-state index in [4.69, 9.17) is 0 Å². The number of esters is 2. The highest BCUT2D eigenvalue weighted by molar-refractivity contribution is 5.66. The first kappa shape index (κ1) is 13.8. The minimum atomic E-state index is -0.910. The summed E-state index contributed by atoms with van der Waals surface area (Å²) in [5, 5.41) is 4.20. The normalized spacial score (nSPS) is 14.1. The van der Waals surface area contributed by atoms with Gasteiger partial charge in [-0.3, -0.25) is 9.59 Å². The van der Waals surface area contributed by atoms with Crippen LogP contribution in [0.4, 0.5) is 0 Å². The quantitative estimate of drug-likeness (QED) is 0.283. The van der Waals surface area contributed by atoms with Crippen LogP contribution in [0.2, 0.25) is 0 Å². The van der Waals surface area contributed by atoms with E-state index in [1.54, 1.807) is 0 Å². The van der Waals surface area contributed by atoms with Crippen molar-refractivity contribution in [3.63, 3.8) is 0 Å². The Kier molecular flexibility index (Phi) is 6.59. The van der Waals surface area contributed by atoms with Crippen LogP contribution in [-0.2, 0) is 33.9 Å². The van der Waals surface area contributed by atoms with Gasteiger partial charge in [-0.15, -0.1) is 0 Å². The molecule has 0 fully saturated rings. The summed E-state index contributed by atoms with van der Waals surface area (Å²) >= 11 is 0. The first-order valence-electron chi connectivity index (χ1n) is 4.25. The number of ether oxygens (including phenoxy) is 2. The molecule has 0 amide bonds. The van der Waals surface area contributed by atoms with E-state index >= 15 is 0 Å². The van der Waals surface area contributed by atoms with Crippen molar-refractivity contribution in [2.75, 3.05) is 0 Å². The van der Waals surface area contributed by atoms with Crippen molar-refractivity contribution >= 4 is 11.9 Å². The fraction of sp³-hybridized carbons (Fsp3) is 0.750. The standard InChI is InChI=1S/C8H14O7/c1-5(9)11-7(3)13-15-14-8(4)12-6(2)10/h7-8H,1-4H3. The van der Waals surface area contributed by atoms with Crippen molar-refractivity contribution in [1.29, 1.82) is 0 Å². The van der Waals surface area contributed by atoms with E-state index in [-0.39, 0.29) is 0 Å². The molecule has 0 spiro atoms. The van der Waals surface area contributed by atoms with Crippen LogP contribution < -0.4 is 0 Å². The molecule has 0 heterocycles. The second-order valence-corrected chi connectivity index (χ2v) is 2.61. The molecular formula is C8H14O7. The Morgan fingerprint density at radius 2 is 1.20 bits per heavy atom. The Hall–Kier alpha value is -1.18. The molecular weight excluding hydrogens is 208 g/mol. The Balaban J connectivity index is 3.52. The van der Waals surface area contributed by atoms with Gasteiger partial charge in [0.2, 0.25) is 12.6 Å². The van der Waals surface area contributed by atoms with Crippen molar-refractivity contribution in [2.45, 2.75) is 40.3 Å². The molecule has 0 saturated carbocycles. The molecule has 0 aliphatic rings. The van der Waals surface area contributed by atoms with Crippen molar-refractivity contribution in [3.8, 4) is 0 Å². The van der Waals surface area contributed by atoms with Gasteiger partial charge in [0.05, 0.1) is 0 Å². The molecule has 0 rings (SSSR count). The Labute approximate surface area is 87.0 Å². The average molecular weight is 222 g/mol. The summed E-state index contributed by atoms with van der Waals surface area (Å²) in [6.45, 7) is 5.31. The molecule has 0 aliphatic heterocycles. The fourth-order valence-electron chi connectivity index (χ4n) is 0.640. The van der Waals surface area contributed by atoms with Crippen molar-refractivity contribution in [1.82, 2.24) is 0 Å². The maximum absolute atomic E-state index is 10.4. The second-order valence-electron chi connectivity index (χ2n) is 2.61. The lowest BCUT2D eigenvalue weighted by molar-refractivity contribution is -0.566. The SMILES string of the molecule is CC(=O)OC(C)OOOC(C)OC(C)=O. The van der Waals surface area contributed by atoms with Gasteiger partial charge in [0.1, 0.15) is 0 Å². The van der Waals surface area contributed by atoms with E-state index in [2.05, 4.69) is 24.3 Å². The van der Waals surface area contributed by atoms with Gasteiger partial charge in [0, 0.05) is 27.7 Å². The largest absolute Gasteiger partial charge is 0.433 e. The Bertz CT molecular complexity index is 193. The van der Waals surface area contributed by atoms with Gasteiger partial charge >= 0.3 is 11.9 Å². The summed E-state index contributed by atoms with van der Waals surface area (Å²) < 4.78 is 9.08. The molecule has 2 atom stereocenters. The third-order valence-corrected chi connectivity index (χ3v) is 1.01. The number of carbonyl (C=O) groups is 2. The smallest absolute Gasteiger partial charge is 0.305 e. The van der Waals surface area contributed by atoms with E-state index in [0.29, 0.717) is 0 Å². The minimum Gasteiger partial charge on any atom is -0.433 e. The van der Waals surface area contributed by atoms with E-state index in [1.165, 1.54) is 27.7 Å². The zero-order valence-electron chi connectivity index (χ0n) is 9.01. The first-order chi connectivity index (χ1) is 6.91. The first-order valence-corrected chi connectivity index (χ1v) is 4.25. The zero-order chi connectivity index (χ0) is 11.8. The lowest BCUT2D eigenvalue weighted by Gasteiger charge is -2.13. The van der Waals surface area contributed by atoms with E-state index in [1.807, 2.05) is 0 Å². The summed E-state index contributed by atoms with van der Waals surface area (Å²) in [5.41, 5.74) is 0. The third-order valence-electron chi connectivity index (χ3n) is 1.01. The predicted octanol–water partition coefficient (Wildman–Crippen LogP) is 0.684. The van der Waals surface area contributed by atoms with Crippen LogP contribution in [0.25, 0.3) is 0 Å². The van der Waals surface area contributed by atoms with E-state index in [9.17, 15) is 9.59 Å². The molecule has 0 aromatic carbocycles. The van der Waals surface area contributed by atoms with Crippen LogP contribution >= 0.6 is 0 Å². The van der Waals surface area contributed by atoms with Gasteiger partial charge in [-0.1, -0.05) is 5.04 Å². The average Bonchev–Trinajstić information content (AvgIpc) is 2.00. The van der Waals surface area contributed by atoms with Crippen molar-refractivity contribution in [3.05, 3.63) is 0 Å². The molecule has 7 heteroatoms. The third kappa shape index (κ3) is 9.13. The van der Waals surface area contributed by atoms with Gasteiger partial charge in [-0.25, -0.2) is 0 Å². The highest BCUT2D eigenvalue weighted by atomic mass is 17.5. The molecule has 0 bridgehead atoms. The highest BCUT2D eigenvalue weighted by Crippen LogP contribution is 2.00. The maximum Gasteiger partial charge on any atom is 0.305 e. The number of carbonyl (C=O) groups excluding carboxylic acids is 2. The molecule has 0 aromatic heterocycles. The lowest BCUT2D eigenvalue weighted by atomic mass is 10.7.